The van der Waals surface area contributed by atoms with Gasteiger partial charge in [-0.25, -0.2) is 0 Å². The summed E-state index contributed by atoms with van der Waals surface area (Å²) >= 11 is 5.47. The van der Waals surface area contributed by atoms with Gasteiger partial charge in [0.2, 0.25) is 0 Å². The van der Waals surface area contributed by atoms with Crippen molar-refractivity contribution < 1.29 is 0 Å². The van der Waals surface area contributed by atoms with E-state index in [1.165, 1.54) is 10.6 Å². The topological polar surface area (TPSA) is 29.3 Å². The number of benzene rings is 1. The molecular weight excluding hydrogens is 320 g/mol. The van der Waals surface area contributed by atoms with Crippen LogP contribution in [0.4, 0.5) is 5.69 Å². The molecule has 4 heteroatoms. The van der Waals surface area contributed by atoms with Gasteiger partial charge in [0.15, 0.2) is 0 Å². The zero-order valence-electron chi connectivity index (χ0n) is 11.3. The fourth-order valence-corrected chi connectivity index (χ4v) is 3.39. The smallest absolute Gasteiger partial charge is 0.0523 e. The summed E-state index contributed by atoms with van der Waals surface area (Å²) in [4.78, 5) is 3.74. The van der Waals surface area contributed by atoms with Crippen LogP contribution >= 0.6 is 27.3 Å². The molecule has 2 N–H and O–H groups in total. The van der Waals surface area contributed by atoms with Gasteiger partial charge in [0.1, 0.15) is 0 Å². The lowest BCUT2D eigenvalue weighted by Crippen LogP contribution is -2.22. The van der Waals surface area contributed by atoms with Crippen molar-refractivity contribution >= 4 is 33.0 Å². The third-order valence-electron chi connectivity index (χ3n) is 3.15. The van der Waals surface area contributed by atoms with Gasteiger partial charge >= 0.3 is 0 Å². The van der Waals surface area contributed by atoms with Crippen molar-refractivity contribution in [2.24, 2.45) is 5.73 Å². The minimum atomic E-state index is 0.0673. The second kappa shape index (κ2) is 6.55. The van der Waals surface area contributed by atoms with Crippen LogP contribution in [0.25, 0.3) is 0 Å². The fourth-order valence-electron chi connectivity index (χ4n) is 2.02. The quantitative estimate of drug-likeness (QED) is 0.865. The Balaban J connectivity index is 2.23. The molecule has 19 heavy (non-hydrogen) atoms. The highest BCUT2D eigenvalue weighted by atomic mass is 79.9. The van der Waals surface area contributed by atoms with E-state index in [4.69, 9.17) is 5.73 Å². The lowest BCUT2D eigenvalue weighted by Gasteiger charge is -2.24. The Morgan fingerprint density at radius 1 is 1.37 bits per heavy atom. The summed E-state index contributed by atoms with van der Waals surface area (Å²) in [5, 5.41) is 2.12. The molecule has 2 aromatic rings. The second-order valence-electron chi connectivity index (χ2n) is 4.59. The number of hydrogen-bond donors (Lipinski definition) is 1. The maximum Gasteiger partial charge on any atom is 0.0523 e. The molecule has 0 saturated heterocycles. The number of hydrogen-bond acceptors (Lipinski definition) is 3. The molecule has 0 aliphatic carbocycles. The number of nitrogens with two attached hydrogens (primary N) is 1. The summed E-state index contributed by atoms with van der Waals surface area (Å²) in [6, 6.07) is 10.7. The van der Waals surface area contributed by atoms with Gasteiger partial charge in [-0.15, -0.1) is 11.3 Å². The van der Waals surface area contributed by atoms with Gasteiger partial charge in [0.25, 0.3) is 0 Å². The lowest BCUT2D eigenvalue weighted by atomic mass is 10.1. The van der Waals surface area contributed by atoms with Crippen LogP contribution in [0.5, 0.6) is 0 Å². The minimum absolute atomic E-state index is 0.0673. The van der Waals surface area contributed by atoms with E-state index in [0.717, 1.165) is 23.1 Å². The molecule has 2 rings (SSSR count). The Bertz CT molecular complexity index is 523. The van der Waals surface area contributed by atoms with Gasteiger partial charge in [-0.1, -0.05) is 12.1 Å². The van der Waals surface area contributed by atoms with E-state index >= 15 is 0 Å². The third-order valence-corrected chi connectivity index (χ3v) is 4.64. The SMILES string of the molecule is CCN(Cc1cccs1)c1ccc(C(C)N)cc1Br. The van der Waals surface area contributed by atoms with Gasteiger partial charge in [0.05, 0.1) is 12.2 Å². The molecule has 0 bridgehead atoms. The molecule has 1 aromatic heterocycles. The Morgan fingerprint density at radius 3 is 2.68 bits per heavy atom. The Morgan fingerprint density at radius 2 is 2.16 bits per heavy atom. The van der Waals surface area contributed by atoms with Crippen LogP contribution in [-0.2, 0) is 6.54 Å². The maximum atomic E-state index is 5.92. The van der Waals surface area contributed by atoms with Crippen LogP contribution in [0.2, 0.25) is 0 Å². The molecule has 2 nitrogen and oxygen atoms in total. The van der Waals surface area contributed by atoms with Gasteiger partial charge in [0, 0.05) is 21.9 Å². The van der Waals surface area contributed by atoms with E-state index in [2.05, 4.69) is 63.5 Å². The van der Waals surface area contributed by atoms with Crippen LogP contribution in [0.3, 0.4) is 0 Å². The summed E-state index contributed by atoms with van der Waals surface area (Å²) in [6.07, 6.45) is 0. The highest BCUT2D eigenvalue weighted by Gasteiger charge is 2.11. The summed E-state index contributed by atoms with van der Waals surface area (Å²) in [5.41, 5.74) is 8.30. The van der Waals surface area contributed by atoms with E-state index in [0.29, 0.717) is 0 Å². The van der Waals surface area contributed by atoms with E-state index in [-0.39, 0.29) is 6.04 Å². The molecule has 0 fully saturated rings. The monoisotopic (exact) mass is 338 g/mol. The molecule has 0 saturated carbocycles. The third kappa shape index (κ3) is 3.59. The summed E-state index contributed by atoms with van der Waals surface area (Å²) in [5.74, 6) is 0. The zero-order chi connectivity index (χ0) is 13.8. The Labute approximate surface area is 127 Å². The van der Waals surface area contributed by atoms with Crippen molar-refractivity contribution in [3.8, 4) is 0 Å². The summed E-state index contributed by atoms with van der Waals surface area (Å²) in [6.45, 7) is 6.11. The molecule has 0 aliphatic heterocycles. The second-order valence-corrected chi connectivity index (χ2v) is 6.48. The van der Waals surface area contributed by atoms with Gasteiger partial charge in [-0.3, -0.25) is 0 Å². The lowest BCUT2D eigenvalue weighted by molar-refractivity contribution is 0.810. The fraction of sp³-hybridized carbons (Fsp3) is 0.333. The van der Waals surface area contributed by atoms with Crippen molar-refractivity contribution in [3.63, 3.8) is 0 Å². The summed E-state index contributed by atoms with van der Waals surface area (Å²) in [7, 11) is 0. The number of anilines is 1. The number of halogens is 1. The van der Waals surface area contributed by atoms with Crippen LogP contribution in [0.1, 0.15) is 30.3 Å². The highest BCUT2D eigenvalue weighted by molar-refractivity contribution is 9.10. The van der Waals surface area contributed by atoms with Crippen LogP contribution in [0.15, 0.2) is 40.2 Å². The molecule has 0 aliphatic rings. The van der Waals surface area contributed by atoms with Gasteiger partial charge < -0.3 is 10.6 Å². The van der Waals surface area contributed by atoms with E-state index in [1.807, 2.05) is 6.92 Å². The van der Waals surface area contributed by atoms with E-state index in [9.17, 15) is 0 Å². The first-order valence-electron chi connectivity index (χ1n) is 6.44. The maximum absolute atomic E-state index is 5.92. The largest absolute Gasteiger partial charge is 0.366 e. The van der Waals surface area contributed by atoms with Crippen LogP contribution < -0.4 is 10.6 Å². The predicted octanol–water partition coefficient (Wildman–Crippen LogP) is 4.56. The van der Waals surface area contributed by atoms with Gasteiger partial charge in [-0.05, 0) is 58.9 Å². The molecule has 1 aromatic carbocycles. The molecule has 1 heterocycles. The molecule has 0 radical (unpaired) electrons. The van der Waals surface area contributed by atoms with Crippen molar-refractivity contribution in [3.05, 3.63) is 50.6 Å². The average molecular weight is 339 g/mol. The molecule has 1 atom stereocenters. The van der Waals surface area contributed by atoms with E-state index < -0.39 is 0 Å². The first-order valence-corrected chi connectivity index (χ1v) is 8.11. The molecule has 102 valence electrons. The van der Waals surface area contributed by atoms with E-state index in [1.54, 1.807) is 11.3 Å². The van der Waals surface area contributed by atoms with Crippen LogP contribution in [0, 0.1) is 0 Å². The molecular formula is C15H19BrN2S. The van der Waals surface area contributed by atoms with Crippen LogP contribution in [-0.4, -0.2) is 6.54 Å². The molecule has 0 amide bonds. The first kappa shape index (κ1) is 14.6. The number of rotatable bonds is 5. The minimum Gasteiger partial charge on any atom is -0.366 e. The zero-order valence-corrected chi connectivity index (χ0v) is 13.7. The average Bonchev–Trinajstić information content (AvgIpc) is 2.89. The predicted molar refractivity (Wildman–Crippen MR) is 87.8 cm³/mol. The highest BCUT2D eigenvalue weighted by Crippen LogP contribution is 2.30. The van der Waals surface area contributed by atoms with Crippen molar-refractivity contribution in [1.82, 2.24) is 0 Å². The number of thiophene rings is 1. The number of nitrogens with zero attached hydrogens (tertiary/aromatic N) is 1. The van der Waals surface area contributed by atoms with Crippen molar-refractivity contribution in [1.29, 1.82) is 0 Å². The standard InChI is InChI=1S/C15H19BrN2S/c1-3-18(10-13-5-4-8-19-13)15-7-6-12(11(2)17)9-14(15)16/h4-9,11H,3,10,17H2,1-2H3. The first-order chi connectivity index (χ1) is 9.11. The normalized spacial score (nSPS) is 12.4. The Hall–Kier alpha value is -0.840. The van der Waals surface area contributed by atoms with Gasteiger partial charge in [-0.2, -0.15) is 0 Å². The van der Waals surface area contributed by atoms with Crippen molar-refractivity contribution in [2.75, 3.05) is 11.4 Å². The molecule has 1 unspecified atom stereocenters. The Kier molecular flexibility index (Phi) is 5.02. The van der Waals surface area contributed by atoms with Crippen molar-refractivity contribution in [2.45, 2.75) is 26.4 Å². The summed E-state index contributed by atoms with van der Waals surface area (Å²) < 4.78 is 1.11. The molecule has 0 spiro atoms.